The number of halogens is 1. The summed E-state index contributed by atoms with van der Waals surface area (Å²) in [6, 6.07) is 8.40. The highest BCUT2D eigenvalue weighted by Crippen LogP contribution is 2.16. The number of hydrogen-bond acceptors (Lipinski definition) is 3. The maximum absolute atomic E-state index is 11.6. The van der Waals surface area contributed by atoms with Crippen LogP contribution in [0, 0.1) is 0 Å². The van der Waals surface area contributed by atoms with Crippen LogP contribution < -0.4 is 11.1 Å². The zero-order chi connectivity index (χ0) is 14.9. The molecule has 0 atom stereocenters. The zero-order valence-electron chi connectivity index (χ0n) is 13.2. The van der Waals surface area contributed by atoms with Crippen molar-refractivity contribution < 1.29 is 4.79 Å². The first-order valence-electron chi connectivity index (χ1n) is 8.05. The summed E-state index contributed by atoms with van der Waals surface area (Å²) in [5, 5.41) is 2.95. The maximum Gasteiger partial charge on any atom is 0.221 e. The lowest BCUT2D eigenvalue weighted by Gasteiger charge is -2.21. The molecule has 0 aliphatic carbocycles. The molecule has 0 bridgehead atoms. The van der Waals surface area contributed by atoms with Crippen molar-refractivity contribution in [2.24, 2.45) is 5.73 Å². The van der Waals surface area contributed by atoms with Crippen molar-refractivity contribution in [1.82, 2.24) is 10.2 Å². The van der Waals surface area contributed by atoms with Crippen molar-refractivity contribution in [3.05, 3.63) is 35.4 Å². The summed E-state index contributed by atoms with van der Waals surface area (Å²) in [5.74, 6) is 0.0297. The Balaban J connectivity index is 0.00000242. The van der Waals surface area contributed by atoms with Gasteiger partial charge < -0.3 is 11.1 Å². The van der Waals surface area contributed by atoms with Gasteiger partial charge in [0.05, 0.1) is 0 Å². The zero-order valence-corrected chi connectivity index (χ0v) is 14.0. The molecule has 0 aromatic heterocycles. The van der Waals surface area contributed by atoms with Gasteiger partial charge in [-0.05, 0) is 37.1 Å². The lowest BCUT2D eigenvalue weighted by molar-refractivity contribution is -0.121. The van der Waals surface area contributed by atoms with E-state index in [0.29, 0.717) is 19.5 Å². The fraction of sp³-hybridized carbons (Fsp3) is 0.588. The Morgan fingerprint density at radius 1 is 1.09 bits per heavy atom. The molecule has 1 aromatic carbocycles. The SMILES string of the molecule is Cl.NCCC(=O)NCc1ccccc1CN1CCCCCC1. The third-order valence-corrected chi connectivity index (χ3v) is 4.06. The van der Waals surface area contributed by atoms with Crippen molar-refractivity contribution in [2.75, 3.05) is 19.6 Å². The van der Waals surface area contributed by atoms with E-state index in [1.165, 1.54) is 49.9 Å². The molecule has 1 aliphatic rings. The van der Waals surface area contributed by atoms with E-state index >= 15 is 0 Å². The second-order valence-corrected chi connectivity index (χ2v) is 5.77. The molecule has 1 amide bonds. The Hall–Kier alpha value is -1.10. The quantitative estimate of drug-likeness (QED) is 0.844. The molecule has 124 valence electrons. The van der Waals surface area contributed by atoms with Crippen molar-refractivity contribution in [3.8, 4) is 0 Å². The molecule has 1 aliphatic heterocycles. The van der Waals surface area contributed by atoms with Crippen LogP contribution in [0.1, 0.15) is 43.2 Å². The Bertz CT molecular complexity index is 445. The molecule has 1 fully saturated rings. The summed E-state index contributed by atoms with van der Waals surface area (Å²) in [6.07, 6.45) is 5.71. The van der Waals surface area contributed by atoms with Gasteiger partial charge in [-0.15, -0.1) is 12.4 Å². The van der Waals surface area contributed by atoms with Gasteiger partial charge in [-0.2, -0.15) is 0 Å². The van der Waals surface area contributed by atoms with Crippen LogP contribution in [-0.2, 0) is 17.9 Å². The number of benzene rings is 1. The molecule has 4 nitrogen and oxygen atoms in total. The Morgan fingerprint density at radius 3 is 2.36 bits per heavy atom. The number of nitrogens with one attached hydrogen (secondary N) is 1. The molecule has 5 heteroatoms. The largest absolute Gasteiger partial charge is 0.352 e. The average molecular weight is 326 g/mol. The Morgan fingerprint density at radius 2 is 1.73 bits per heavy atom. The van der Waals surface area contributed by atoms with E-state index in [1.54, 1.807) is 0 Å². The van der Waals surface area contributed by atoms with E-state index in [-0.39, 0.29) is 18.3 Å². The molecule has 22 heavy (non-hydrogen) atoms. The lowest BCUT2D eigenvalue weighted by atomic mass is 10.1. The van der Waals surface area contributed by atoms with E-state index in [9.17, 15) is 4.79 Å². The Labute approximate surface area is 139 Å². The molecule has 2 rings (SSSR count). The minimum absolute atomic E-state index is 0. The van der Waals surface area contributed by atoms with Crippen molar-refractivity contribution >= 4 is 18.3 Å². The molecule has 0 radical (unpaired) electrons. The molecule has 0 saturated carbocycles. The third-order valence-electron chi connectivity index (χ3n) is 4.06. The van der Waals surface area contributed by atoms with Crippen molar-refractivity contribution in [1.29, 1.82) is 0 Å². The summed E-state index contributed by atoms with van der Waals surface area (Å²) in [6.45, 7) is 4.37. The highest BCUT2D eigenvalue weighted by atomic mass is 35.5. The molecule has 1 saturated heterocycles. The van der Waals surface area contributed by atoms with Gasteiger partial charge in [-0.1, -0.05) is 37.1 Å². The summed E-state index contributed by atoms with van der Waals surface area (Å²) in [5.41, 5.74) is 7.94. The number of likely N-dealkylation sites (tertiary alicyclic amines) is 1. The molecule has 0 unspecified atom stereocenters. The molecule has 1 heterocycles. The third kappa shape index (κ3) is 6.34. The van der Waals surface area contributed by atoms with Crippen LogP contribution in [0.15, 0.2) is 24.3 Å². The van der Waals surface area contributed by atoms with Crippen LogP contribution in [0.2, 0.25) is 0 Å². The first-order chi connectivity index (χ1) is 10.3. The number of carbonyl (C=O) groups excluding carboxylic acids is 1. The number of nitrogens with zero attached hydrogens (tertiary/aromatic N) is 1. The van der Waals surface area contributed by atoms with Gasteiger partial charge in [-0.3, -0.25) is 9.69 Å². The standard InChI is InChI=1S/C17H27N3O.ClH/c18-10-9-17(21)19-13-15-7-3-4-8-16(15)14-20-11-5-1-2-6-12-20;/h3-4,7-8H,1-2,5-6,9-14,18H2,(H,19,21);1H. The van der Waals surface area contributed by atoms with Crippen LogP contribution >= 0.6 is 12.4 Å². The topological polar surface area (TPSA) is 58.4 Å². The van der Waals surface area contributed by atoms with Crippen LogP contribution in [-0.4, -0.2) is 30.4 Å². The number of nitrogens with two attached hydrogens (primary N) is 1. The first-order valence-corrected chi connectivity index (χ1v) is 8.05. The van der Waals surface area contributed by atoms with Gasteiger partial charge in [0.1, 0.15) is 0 Å². The van der Waals surface area contributed by atoms with E-state index in [0.717, 1.165) is 6.54 Å². The summed E-state index contributed by atoms with van der Waals surface area (Å²) in [4.78, 5) is 14.1. The number of rotatable bonds is 6. The summed E-state index contributed by atoms with van der Waals surface area (Å²) >= 11 is 0. The van der Waals surface area contributed by atoms with Crippen molar-refractivity contribution in [2.45, 2.75) is 45.2 Å². The second kappa shape index (κ2) is 10.6. The molecular weight excluding hydrogens is 298 g/mol. The number of hydrogen-bond donors (Lipinski definition) is 2. The van der Waals surface area contributed by atoms with E-state index in [4.69, 9.17) is 5.73 Å². The van der Waals surface area contributed by atoms with Gasteiger partial charge in [0, 0.05) is 26.1 Å². The van der Waals surface area contributed by atoms with Crippen LogP contribution in [0.5, 0.6) is 0 Å². The minimum Gasteiger partial charge on any atom is -0.352 e. The van der Waals surface area contributed by atoms with Crippen LogP contribution in [0.4, 0.5) is 0 Å². The molecular formula is C17H28ClN3O. The first kappa shape index (κ1) is 18.9. The predicted octanol–water partition coefficient (Wildman–Crippen LogP) is 2.45. The van der Waals surface area contributed by atoms with Crippen LogP contribution in [0.3, 0.4) is 0 Å². The fourth-order valence-electron chi connectivity index (χ4n) is 2.83. The van der Waals surface area contributed by atoms with Gasteiger partial charge >= 0.3 is 0 Å². The van der Waals surface area contributed by atoms with E-state index in [2.05, 4.69) is 28.4 Å². The van der Waals surface area contributed by atoms with Gasteiger partial charge in [0.15, 0.2) is 0 Å². The Kier molecular flexibility index (Phi) is 9.13. The second-order valence-electron chi connectivity index (χ2n) is 5.77. The van der Waals surface area contributed by atoms with Gasteiger partial charge in [-0.25, -0.2) is 0 Å². The fourth-order valence-corrected chi connectivity index (χ4v) is 2.83. The summed E-state index contributed by atoms with van der Waals surface area (Å²) in [7, 11) is 0. The number of amides is 1. The van der Waals surface area contributed by atoms with Crippen LogP contribution in [0.25, 0.3) is 0 Å². The molecule has 3 N–H and O–H groups in total. The molecule has 1 aromatic rings. The lowest BCUT2D eigenvalue weighted by Crippen LogP contribution is -2.27. The summed E-state index contributed by atoms with van der Waals surface area (Å²) < 4.78 is 0. The highest BCUT2D eigenvalue weighted by Gasteiger charge is 2.11. The van der Waals surface area contributed by atoms with Crippen molar-refractivity contribution in [3.63, 3.8) is 0 Å². The smallest absolute Gasteiger partial charge is 0.221 e. The minimum atomic E-state index is 0. The maximum atomic E-state index is 11.6. The molecule has 0 spiro atoms. The van der Waals surface area contributed by atoms with Gasteiger partial charge in [0.2, 0.25) is 5.91 Å². The normalized spacial score (nSPS) is 15.7. The highest BCUT2D eigenvalue weighted by molar-refractivity contribution is 5.85. The monoisotopic (exact) mass is 325 g/mol. The van der Waals surface area contributed by atoms with E-state index < -0.39 is 0 Å². The predicted molar refractivity (Wildman–Crippen MR) is 93.0 cm³/mol. The van der Waals surface area contributed by atoms with Gasteiger partial charge in [0.25, 0.3) is 0 Å². The van der Waals surface area contributed by atoms with E-state index in [1.807, 2.05) is 6.07 Å². The number of carbonyl (C=O) groups is 1. The average Bonchev–Trinajstić information content (AvgIpc) is 2.75.